The van der Waals surface area contributed by atoms with E-state index in [1.54, 1.807) is 33.8 Å². The molecule has 23 heavy (non-hydrogen) atoms. The highest BCUT2D eigenvalue weighted by Crippen LogP contribution is 2.23. The van der Waals surface area contributed by atoms with Gasteiger partial charge in [0.15, 0.2) is 0 Å². The van der Waals surface area contributed by atoms with E-state index in [1.165, 1.54) is 17.0 Å². The lowest BCUT2D eigenvalue weighted by atomic mass is 10.1. The summed E-state index contributed by atoms with van der Waals surface area (Å²) >= 11 is 0. The summed E-state index contributed by atoms with van der Waals surface area (Å²) in [6.45, 7) is 7.44. The van der Waals surface area contributed by atoms with Gasteiger partial charge in [-0.25, -0.2) is 9.18 Å². The molecule has 1 atom stereocenters. The molecule has 5 nitrogen and oxygen atoms in total. The molecule has 0 unspecified atom stereocenters. The first-order valence-electron chi connectivity index (χ1n) is 7.74. The van der Waals surface area contributed by atoms with E-state index in [4.69, 9.17) is 4.74 Å². The molecule has 1 heterocycles. The van der Waals surface area contributed by atoms with Crippen molar-refractivity contribution in [1.29, 1.82) is 0 Å². The predicted octanol–water partition coefficient (Wildman–Crippen LogP) is 3.47. The van der Waals surface area contributed by atoms with Crippen molar-refractivity contribution in [3.05, 3.63) is 29.6 Å². The van der Waals surface area contributed by atoms with Crippen LogP contribution in [0, 0.1) is 12.7 Å². The Labute approximate surface area is 135 Å². The molecule has 2 amide bonds. The lowest BCUT2D eigenvalue weighted by molar-refractivity contribution is -0.120. The van der Waals surface area contributed by atoms with Gasteiger partial charge in [0, 0.05) is 17.8 Å². The molecule has 6 heteroatoms. The molecule has 1 saturated heterocycles. The zero-order chi connectivity index (χ0) is 17.2. The summed E-state index contributed by atoms with van der Waals surface area (Å²) in [6.07, 6.45) is 0.810. The second-order valence-corrected chi connectivity index (χ2v) is 6.73. The molecule has 2 rings (SSSR count). The average Bonchev–Trinajstić information content (AvgIpc) is 2.91. The Bertz CT molecular complexity index is 610. The van der Waals surface area contributed by atoms with Gasteiger partial charge in [-0.2, -0.15) is 0 Å². The fourth-order valence-corrected chi connectivity index (χ4v) is 2.54. The standard InChI is InChI=1S/C17H23FN2O3/c1-11-12(18)7-5-8-13(11)19-15(21)14-9-6-10-20(14)16(22)23-17(2,3)4/h5,7-8,14H,6,9-10H2,1-4H3,(H,19,21)/t14-/m1/s1. The minimum atomic E-state index is -0.611. The summed E-state index contributed by atoms with van der Waals surface area (Å²) in [4.78, 5) is 26.1. The zero-order valence-corrected chi connectivity index (χ0v) is 14.0. The van der Waals surface area contributed by atoms with E-state index in [9.17, 15) is 14.0 Å². The Morgan fingerprint density at radius 3 is 2.70 bits per heavy atom. The number of carbonyl (C=O) groups is 2. The number of halogens is 1. The van der Waals surface area contributed by atoms with Gasteiger partial charge in [-0.15, -0.1) is 0 Å². The minimum absolute atomic E-state index is 0.318. The lowest BCUT2D eigenvalue weighted by Crippen LogP contribution is -2.45. The summed E-state index contributed by atoms with van der Waals surface area (Å²) < 4.78 is 18.9. The number of benzene rings is 1. The molecule has 0 radical (unpaired) electrons. The van der Waals surface area contributed by atoms with Crippen LogP contribution in [-0.4, -0.2) is 35.1 Å². The number of hydrogen-bond acceptors (Lipinski definition) is 3. The minimum Gasteiger partial charge on any atom is -0.444 e. The van der Waals surface area contributed by atoms with Crippen molar-refractivity contribution >= 4 is 17.7 Å². The number of carbonyl (C=O) groups excluding carboxylic acids is 2. The summed E-state index contributed by atoms with van der Waals surface area (Å²) in [5.74, 6) is -0.694. The third-order valence-corrected chi connectivity index (χ3v) is 3.71. The zero-order valence-electron chi connectivity index (χ0n) is 14.0. The average molecular weight is 322 g/mol. The first-order chi connectivity index (χ1) is 10.7. The molecule has 0 aromatic heterocycles. The second kappa shape index (κ2) is 6.56. The number of likely N-dealkylation sites (tertiary alicyclic amines) is 1. The van der Waals surface area contributed by atoms with E-state index in [-0.39, 0.29) is 11.7 Å². The highest BCUT2D eigenvalue weighted by atomic mass is 19.1. The van der Waals surface area contributed by atoms with E-state index in [1.807, 2.05) is 0 Å². The predicted molar refractivity (Wildman–Crippen MR) is 85.7 cm³/mol. The molecular formula is C17H23FN2O3. The maximum absolute atomic E-state index is 13.6. The van der Waals surface area contributed by atoms with Crippen LogP contribution in [0.4, 0.5) is 14.9 Å². The Morgan fingerprint density at radius 2 is 2.04 bits per heavy atom. The van der Waals surface area contributed by atoms with Crippen molar-refractivity contribution in [2.75, 3.05) is 11.9 Å². The van der Waals surface area contributed by atoms with Gasteiger partial charge in [0.25, 0.3) is 0 Å². The van der Waals surface area contributed by atoms with Gasteiger partial charge >= 0.3 is 6.09 Å². The van der Waals surface area contributed by atoms with Crippen LogP contribution < -0.4 is 5.32 Å². The largest absolute Gasteiger partial charge is 0.444 e. The number of anilines is 1. The van der Waals surface area contributed by atoms with Crippen molar-refractivity contribution < 1.29 is 18.7 Å². The first-order valence-corrected chi connectivity index (χ1v) is 7.74. The van der Waals surface area contributed by atoms with Gasteiger partial charge in [0.1, 0.15) is 17.5 Å². The van der Waals surface area contributed by atoms with Crippen molar-refractivity contribution in [3.8, 4) is 0 Å². The number of nitrogens with zero attached hydrogens (tertiary/aromatic N) is 1. The molecule has 0 bridgehead atoms. The van der Waals surface area contributed by atoms with Crippen molar-refractivity contribution in [3.63, 3.8) is 0 Å². The molecule has 1 aliphatic heterocycles. The number of amides is 2. The fourth-order valence-electron chi connectivity index (χ4n) is 2.54. The summed E-state index contributed by atoms with van der Waals surface area (Å²) in [6, 6.07) is 3.93. The third kappa shape index (κ3) is 4.21. The fraction of sp³-hybridized carbons (Fsp3) is 0.529. The van der Waals surface area contributed by atoms with Gasteiger partial charge in [-0.1, -0.05) is 6.07 Å². The number of hydrogen-bond donors (Lipinski definition) is 1. The highest BCUT2D eigenvalue weighted by Gasteiger charge is 2.36. The van der Waals surface area contributed by atoms with E-state index in [2.05, 4.69) is 5.32 Å². The molecule has 1 aromatic carbocycles. The van der Waals surface area contributed by atoms with Crippen LogP contribution in [0.3, 0.4) is 0 Å². The van der Waals surface area contributed by atoms with E-state index in [0.29, 0.717) is 24.2 Å². The highest BCUT2D eigenvalue weighted by molar-refractivity contribution is 5.97. The van der Waals surface area contributed by atoms with Crippen LogP contribution in [0.25, 0.3) is 0 Å². The summed E-state index contributed by atoms with van der Waals surface area (Å²) in [5, 5.41) is 2.71. The normalized spacial score (nSPS) is 18.0. The second-order valence-electron chi connectivity index (χ2n) is 6.73. The van der Waals surface area contributed by atoms with E-state index >= 15 is 0 Å². The molecule has 0 spiro atoms. The van der Waals surface area contributed by atoms with Gasteiger partial charge in [-0.3, -0.25) is 9.69 Å². The van der Waals surface area contributed by atoms with E-state index < -0.39 is 17.7 Å². The van der Waals surface area contributed by atoms with Crippen LogP contribution in [0.5, 0.6) is 0 Å². The topological polar surface area (TPSA) is 58.6 Å². The Morgan fingerprint density at radius 1 is 1.35 bits per heavy atom. The number of nitrogens with one attached hydrogen (secondary N) is 1. The summed E-state index contributed by atoms with van der Waals surface area (Å²) in [5.41, 5.74) is 0.188. The van der Waals surface area contributed by atoms with Gasteiger partial charge in [-0.05, 0) is 52.7 Å². The Hall–Kier alpha value is -2.11. The molecule has 1 N–H and O–H groups in total. The van der Waals surface area contributed by atoms with Crippen LogP contribution in [-0.2, 0) is 9.53 Å². The SMILES string of the molecule is Cc1c(F)cccc1NC(=O)[C@H]1CCCN1C(=O)OC(C)(C)C. The molecule has 1 aromatic rings. The first kappa shape index (κ1) is 17.2. The van der Waals surface area contributed by atoms with Crippen molar-refractivity contribution in [2.24, 2.45) is 0 Å². The number of ether oxygens (including phenoxy) is 1. The maximum Gasteiger partial charge on any atom is 0.410 e. The van der Waals surface area contributed by atoms with Crippen LogP contribution in [0.1, 0.15) is 39.2 Å². The lowest BCUT2D eigenvalue weighted by Gasteiger charge is -2.28. The van der Waals surface area contributed by atoms with Crippen LogP contribution >= 0.6 is 0 Å². The summed E-state index contributed by atoms with van der Waals surface area (Å²) in [7, 11) is 0. The third-order valence-electron chi connectivity index (χ3n) is 3.71. The molecule has 0 saturated carbocycles. The van der Waals surface area contributed by atoms with E-state index in [0.717, 1.165) is 6.42 Å². The monoisotopic (exact) mass is 322 g/mol. The van der Waals surface area contributed by atoms with Crippen molar-refractivity contribution in [1.82, 2.24) is 4.90 Å². The van der Waals surface area contributed by atoms with Gasteiger partial charge < -0.3 is 10.1 Å². The van der Waals surface area contributed by atoms with Gasteiger partial charge in [0.05, 0.1) is 0 Å². The smallest absolute Gasteiger partial charge is 0.410 e. The van der Waals surface area contributed by atoms with Gasteiger partial charge in [0.2, 0.25) is 5.91 Å². The molecular weight excluding hydrogens is 299 g/mol. The number of rotatable bonds is 2. The van der Waals surface area contributed by atoms with Crippen LogP contribution in [0.15, 0.2) is 18.2 Å². The molecule has 1 aliphatic rings. The molecule has 0 aliphatic carbocycles. The quantitative estimate of drug-likeness (QED) is 0.907. The Balaban J connectivity index is 2.09. The van der Waals surface area contributed by atoms with Crippen LogP contribution in [0.2, 0.25) is 0 Å². The molecule has 126 valence electrons. The van der Waals surface area contributed by atoms with Crippen molar-refractivity contribution in [2.45, 2.75) is 52.2 Å². The maximum atomic E-state index is 13.6. The Kier molecular flexibility index (Phi) is 4.92. The molecule has 1 fully saturated rings.